The molecule has 4 nitrogen and oxygen atoms in total. The van der Waals surface area contributed by atoms with Gasteiger partial charge in [0.25, 0.3) is 0 Å². The molecule has 1 aromatic heterocycles. The Morgan fingerprint density at radius 1 is 1.54 bits per heavy atom. The zero-order valence-electron chi connectivity index (χ0n) is 7.18. The number of hydrogen-bond donors (Lipinski definition) is 2. The van der Waals surface area contributed by atoms with Crippen LogP contribution in [0.25, 0.3) is 0 Å². The van der Waals surface area contributed by atoms with E-state index in [9.17, 15) is 4.79 Å². The smallest absolute Gasteiger partial charge is 0.306 e. The second-order valence-electron chi connectivity index (χ2n) is 2.87. The fourth-order valence-electron chi connectivity index (χ4n) is 0.706. The normalized spacial score (nSPS) is 14.2. The summed E-state index contributed by atoms with van der Waals surface area (Å²) in [5.41, 5.74) is 5.25. The van der Waals surface area contributed by atoms with Crippen molar-refractivity contribution in [2.75, 3.05) is 5.73 Å². The van der Waals surface area contributed by atoms with Crippen LogP contribution < -0.4 is 5.73 Å². The van der Waals surface area contributed by atoms with Crippen LogP contribution in [0.3, 0.4) is 0 Å². The Labute approximate surface area is 76.4 Å². The number of carbonyl (C=O) groups is 1. The third-order valence-corrected chi connectivity index (χ3v) is 1.61. The predicted molar refractivity (Wildman–Crippen MR) is 49.0 cm³/mol. The van der Waals surface area contributed by atoms with Crippen molar-refractivity contribution in [3.8, 4) is 0 Å². The maximum Gasteiger partial charge on any atom is 0.306 e. The molecule has 70 valence electrons. The average Bonchev–Trinajstić information content (AvgIpc) is 2.88. The van der Waals surface area contributed by atoms with E-state index in [0.717, 1.165) is 12.8 Å². The van der Waals surface area contributed by atoms with Gasteiger partial charge >= 0.3 is 5.97 Å². The number of hydrogen-bond acceptors (Lipinski definition) is 3. The van der Waals surface area contributed by atoms with E-state index in [-0.39, 0.29) is 5.92 Å². The molecule has 1 aromatic rings. The first-order valence-corrected chi connectivity index (χ1v) is 4.09. The molecule has 0 atom stereocenters. The molecule has 0 aromatic carbocycles. The predicted octanol–water partition coefficient (Wildman–Crippen LogP) is 1.14. The molecule has 13 heavy (non-hydrogen) atoms. The van der Waals surface area contributed by atoms with E-state index in [4.69, 9.17) is 10.8 Å². The largest absolute Gasteiger partial charge is 0.481 e. The Morgan fingerprint density at radius 3 is 2.38 bits per heavy atom. The van der Waals surface area contributed by atoms with Crippen LogP contribution in [0.5, 0.6) is 0 Å². The van der Waals surface area contributed by atoms with Gasteiger partial charge in [-0.1, -0.05) is 6.07 Å². The first-order valence-electron chi connectivity index (χ1n) is 4.09. The molecule has 1 aliphatic carbocycles. The average molecular weight is 180 g/mol. The number of carboxylic acid groups (broad SMARTS) is 1. The van der Waals surface area contributed by atoms with Gasteiger partial charge in [-0.25, -0.2) is 4.98 Å². The second kappa shape index (κ2) is 4.45. The van der Waals surface area contributed by atoms with Crippen LogP contribution in [0.2, 0.25) is 0 Å². The molecule has 4 heteroatoms. The Bertz CT molecular complexity index is 270. The van der Waals surface area contributed by atoms with Gasteiger partial charge in [-0.3, -0.25) is 4.79 Å². The van der Waals surface area contributed by atoms with Gasteiger partial charge in [0, 0.05) is 6.20 Å². The third kappa shape index (κ3) is 4.10. The summed E-state index contributed by atoms with van der Waals surface area (Å²) in [5.74, 6) is -0.0394. The number of aromatic nitrogens is 1. The Kier molecular flexibility index (Phi) is 3.25. The molecule has 0 bridgehead atoms. The molecule has 1 aliphatic rings. The number of aliphatic carboxylic acids is 1. The van der Waals surface area contributed by atoms with Crippen LogP contribution in [0.15, 0.2) is 24.4 Å². The van der Waals surface area contributed by atoms with E-state index in [0.29, 0.717) is 5.82 Å². The Hall–Kier alpha value is -1.58. The van der Waals surface area contributed by atoms with Crippen LogP contribution in [-0.2, 0) is 4.79 Å². The summed E-state index contributed by atoms with van der Waals surface area (Å²) in [5, 5.41) is 8.05. The van der Waals surface area contributed by atoms with Crippen molar-refractivity contribution in [3.63, 3.8) is 0 Å². The molecule has 2 rings (SSSR count). The van der Waals surface area contributed by atoms with Crippen LogP contribution in [0.1, 0.15) is 12.8 Å². The minimum atomic E-state index is -0.630. The minimum Gasteiger partial charge on any atom is -0.481 e. The lowest BCUT2D eigenvalue weighted by atomic mass is 10.5. The van der Waals surface area contributed by atoms with Crippen molar-refractivity contribution >= 4 is 11.8 Å². The minimum absolute atomic E-state index is 0.0185. The summed E-state index contributed by atoms with van der Waals surface area (Å²) < 4.78 is 0. The number of pyridine rings is 1. The standard InChI is InChI=1S/C5H6N2.C4H6O2/c6-5-3-1-2-4-7-5;5-4(6)3-1-2-3/h1-4H,(H2,6,7);3H,1-2H2,(H,5,6). The van der Waals surface area contributed by atoms with Gasteiger partial charge in [0.1, 0.15) is 5.82 Å². The highest BCUT2D eigenvalue weighted by atomic mass is 16.4. The van der Waals surface area contributed by atoms with Gasteiger partial charge in [-0.05, 0) is 25.0 Å². The highest BCUT2D eigenvalue weighted by Gasteiger charge is 2.28. The van der Waals surface area contributed by atoms with Gasteiger partial charge in [0.05, 0.1) is 5.92 Å². The van der Waals surface area contributed by atoms with Crippen LogP contribution in [-0.4, -0.2) is 16.1 Å². The quantitative estimate of drug-likeness (QED) is 0.679. The summed E-state index contributed by atoms with van der Waals surface area (Å²) in [6.45, 7) is 0. The summed E-state index contributed by atoms with van der Waals surface area (Å²) in [6.07, 6.45) is 3.46. The first kappa shape index (κ1) is 9.51. The summed E-state index contributed by atoms with van der Waals surface area (Å²) in [7, 11) is 0. The van der Waals surface area contributed by atoms with Crippen molar-refractivity contribution in [2.45, 2.75) is 12.8 Å². The Morgan fingerprint density at radius 2 is 2.23 bits per heavy atom. The van der Waals surface area contributed by atoms with Crippen molar-refractivity contribution in [1.29, 1.82) is 0 Å². The molecule has 0 amide bonds. The molecule has 0 aliphatic heterocycles. The van der Waals surface area contributed by atoms with Gasteiger partial charge < -0.3 is 10.8 Å². The highest BCUT2D eigenvalue weighted by molar-refractivity contribution is 5.72. The number of nitrogens with zero attached hydrogens (tertiary/aromatic N) is 1. The summed E-state index contributed by atoms with van der Waals surface area (Å²) >= 11 is 0. The Balaban J connectivity index is 0.000000132. The lowest BCUT2D eigenvalue weighted by Crippen LogP contribution is -1.94. The number of carboxylic acids is 1. The van der Waals surface area contributed by atoms with Crippen molar-refractivity contribution < 1.29 is 9.90 Å². The van der Waals surface area contributed by atoms with Crippen molar-refractivity contribution in [1.82, 2.24) is 4.98 Å². The molecule has 0 saturated heterocycles. The summed E-state index contributed by atoms with van der Waals surface area (Å²) in [6, 6.07) is 5.43. The molecule has 0 spiro atoms. The number of rotatable bonds is 1. The summed E-state index contributed by atoms with van der Waals surface area (Å²) in [4.78, 5) is 13.5. The fourth-order valence-corrected chi connectivity index (χ4v) is 0.706. The lowest BCUT2D eigenvalue weighted by Gasteiger charge is -1.82. The monoisotopic (exact) mass is 180 g/mol. The zero-order chi connectivity index (χ0) is 9.68. The van der Waals surface area contributed by atoms with E-state index < -0.39 is 5.97 Å². The number of anilines is 1. The topological polar surface area (TPSA) is 76.2 Å². The van der Waals surface area contributed by atoms with E-state index >= 15 is 0 Å². The number of nitrogen functional groups attached to an aromatic ring is 1. The van der Waals surface area contributed by atoms with Crippen molar-refractivity contribution in [2.24, 2.45) is 5.92 Å². The van der Waals surface area contributed by atoms with Crippen LogP contribution in [0.4, 0.5) is 5.82 Å². The molecule has 0 radical (unpaired) electrons. The molecule has 3 N–H and O–H groups in total. The molecule has 0 unspecified atom stereocenters. The van der Waals surface area contributed by atoms with Gasteiger partial charge in [-0.2, -0.15) is 0 Å². The number of nitrogens with two attached hydrogens (primary N) is 1. The van der Waals surface area contributed by atoms with Gasteiger partial charge in [0.2, 0.25) is 0 Å². The maximum absolute atomic E-state index is 9.76. The maximum atomic E-state index is 9.76. The van der Waals surface area contributed by atoms with E-state index in [1.165, 1.54) is 0 Å². The highest BCUT2D eigenvalue weighted by Crippen LogP contribution is 2.28. The SMILES string of the molecule is Nc1ccccn1.O=C(O)C1CC1. The fraction of sp³-hybridized carbons (Fsp3) is 0.333. The van der Waals surface area contributed by atoms with Crippen molar-refractivity contribution in [3.05, 3.63) is 24.4 Å². The van der Waals surface area contributed by atoms with Gasteiger partial charge in [-0.15, -0.1) is 0 Å². The molecular weight excluding hydrogens is 168 g/mol. The van der Waals surface area contributed by atoms with E-state index in [1.807, 2.05) is 12.1 Å². The molecular formula is C9H12N2O2. The van der Waals surface area contributed by atoms with Crippen LogP contribution in [0, 0.1) is 5.92 Å². The van der Waals surface area contributed by atoms with E-state index in [2.05, 4.69) is 4.98 Å². The molecule has 1 saturated carbocycles. The zero-order valence-corrected chi connectivity index (χ0v) is 7.18. The molecule has 1 heterocycles. The second-order valence-corrected chi connectivity index (χ2v) is 2.87. The van der Waals surface area contributed by atoms with Crippen LogP contribution >= 0.6 is 0 Å². The lowest BCUT2D eigenvalue weighted by molar-refractivity contribution is -0.138. The van der Waals surface area contributed by atoms with Gasteiger partial charge in [0.15, 0.2) is 0 Å². The first-order chi connectivity index (χ1) is 6.20. The van der Waals surface area contributed by atoms with E-state index in [1.54, 1.807) is 12.3 Å². The molecule has 1 fully saturated rings. The third-order valence-electron chi connectivity index (χ3n) is 1.61.